The fraction of sp³-hybridized carbons (Fsp3) is 0.194. The Morgan fingerprint density at radius 1 is 1.10 bits per heavy atom. The van der Waals surface area contributed by atoms with E-state index in [1.54, 1.807) is 31.2 Å². The summed E-state index contributed by atoms with van der Waals surface area (Å²) < 4.78 is 11.7. The van der Waals surface area contributed by atoms with Gasteiger partial charge in [0.15, 0.2) is 5.78 Å². The lowest BCUT2D eigenvalue weighted by Crippen LogP contribution is -2.37. The first kappa shape index (κ1) is 28.8. The largest absolute Gasteiger partial charge is 0.493 e. The summed E-state index contributed by atoms with van der Waals surface area (Å²) in [5.41, 5.74) is 2.76. The average molecular weight is 556 g/mol. The van der Waals surface area contributed by atoms with Gasteiger partial charge in [-0.15, -0.1) is 0 Å². The van der Waals surface area contributed by atoms with E-state index in [2.05, 4.69) is 10.3 Å². The molecule has 10 heteroatoms. The molecule has 10 nitrogen and oxygen atoms in total. The number of rotatable bonds is 13. The normalized spacial score (nSPS) is 12.0. The van der Waals surface area contributed by atoms with E-state index in [9.17, 15) is 24.8 Å². The lowest BCUT2D eigenvalue weighted by molar-refractivity contribution is -0.384. The fourth-order valence-electron chi connectivity index (χ4n) is 4.16. The summed E-state index contributed by atoms with van der Waals surface area (Å²) in [4.78, 5) is 39.4. The number of ether oxygens (including phenoxy) is 1. The topological polar surface area (TPSA) is 145 Å². The molecule has 0 saturated heterocycles. The number of nitro groups is 1. The van der Waals surface area contributed by atoms with Crippen LogP contribution in [0.1, 0.15) is 34.3 Å². The highest BCUT2D eigenvalue weighted by atomic mass is 16.6. The minimum Gasteiger partial charge on any atom is -0.493 e. The third kappa shape index (κ3) is 7.89. The van der Waals surface area contributed by atoms with Crippen molar-refractivity contribution in [2.24, 2.45) is 0 Å². The molecule has 0 radical (unpaired) electrons. The van der Waals surface area contributed by atoms with Gasteiger partial charge in [-0.05, 0) is 43.7 Å². The van der Waals surface area contributed by atoms with Gasteiger partial charge in [-0.3, -0.25) is 14.9 Å². The molecule has 0 unspecified atom stereocenters. The Labute approximate surface area is 236 Å². The molecule has 0 amide bonds. The highest BCUT2D eigenvalue weighted by Crippen LogP contribution is 2.22. The summed E-state index contributed by atoms with van der Waals surface area (Å²) in [5, 5.41) is 23.5. The molecule has 210 valence electrons. The minimum atomic E-state index is -1.08. The van der Waals surface area contributed by atoms with Crippen LogP contribution in [0.5, 0.6) is 5.75 Å². The van der Waals surface area contributed by atoms with Gasteiger partial charge in [0.25, 0.3) is 5.69 Å². The smallest absolute Gasteiger partial charge is 0.326 e. The van der Waals surface area contributed by atoms with E-state index in [1.165, 1.54) is 30.3 Å². The Bertz CT molecular complexity index is 1560. The van der Waals surface area contributed by atoms with Crippen LogP contribution >= 0.6 is 0 Å². The second-order valence-corrected chi connectivity index (χ2v) is 9.37. The number of aromatic nitrogens is 1. The zero-order valence-corrected chi connectivity index (χ0v) is 22.6. The molecule has 1 heterocycles. The first-order chi connectivity index (χ1) is 19.7. The minimum absolute atomic E-state index is 0.137. The number of nitrogens with one attached hydrogen (secondary N) is 1. The third-order valence-electron chi connectivity index (χ3n) is 6.27. The first-order valence-electron chi connectivity index (χ1n) is 12.9. The maximum Gasteiger partial charge on any atom is 0.326 e. The quantitative estimate of drug-likeness (QED) is 0.0938. The summed E-state index contributed by atoms with van der Waals surface area (Å²) in [6.45, 7) is 3.83. The van der Waals surface area contributed by atoms with Crippen LogP contribution in [0.15, 0.2) is 95.1 Å². The molecule has 0 bridgehead atoms. The maximum absolute atomic E-state index is 12.5. The van der Waals surface area contributed by atoms with Gasteiger partial charge in [0.1, 0.15) is 17.6 Å². The van der Waals surface area contributed by atoms with Crippen molar-refractivity contribution in [3.63, 3.8) is 0 Å². The van der Waals surface area contributed by atoms with Crippen LogP contribution < -0.4 is 10.1 Å². The number of benzene rings is 3. The molecule has 0 saturated carbocycles. The number of carbonyl (C=O) groups excluding carboxylic acids is 1. The Hall–Kier alpha value is -5.25. The molecule has 0 fully saturated rings. The number of hydrogen-bond donors (Lipinski definition) is 2. The van der Waals surface area contributed by atoms with Crippen LogP contribution in [0, 0.1) is 17.0 Å². The van der Waals surface area contributed by atoms with Gasteiger partial charge in [-0.25, -0.2) is 9.78 Å². The highest BCUT2D eigenvalue weighted by molar-refractivity contribution is 6.05. The number of hydrogen-bond acceptors (Lipinski definition) is 8. The van der Waals surface area contributed by atoms with E-state index in [-0.39, 0.29) is 17.7 Å². The number of aliphatic carboxylic acids is 1. The molecule has 4 aromatic rings. The van der Waals surface area contributed by atoms with Crippen molar-refractivity contribution in [2.75, 3.05) is 6.61 Å². The van der Waals surface area contributed by atoms with E-state index in [0.717, 1.165) is 22.6 Å². The zero-order valence-electron chi connectivity index (χ0n) is 22.6. The van der Waals surface area contributed by atoms with Gasteiger partial charge in [0.05, 0.1) is 17.2 Å². The number of non-ortho nitro benzene ring substituents is 1. The molecule has 41 heavy (non-hydrogen) atoms. The Morgan fingerprint density at radius 2 is 1.83 bits per heavy atom. The number of carboxylic acid groups (broad SMARTS) is 1. The van der Waals surface area contributed by atoms with Crippen LogP contribution in [0.4, 0.5) is 5.69 Å². The van der Waals surface area contributed by atoms with Gasteiger partial charge in [0, 0.05) is 47.9 Å². The molecule has 2 N–H and O–H groups in total. The van der Waals surface area contributed by atoms with Crippen LogP contribution in [0.3, 0.4) is 0 Å². The third-order valence-corrected chi connectivity index (χ3v) is 6.27. The fourth-order valence-corrected chi connectivity index (χ4v) is 4.16. The van der Waals surface area contributed by atoms with Crippen molar-refractivity contribution >= 4 is 17.4 Å². The van der Waals surface area contributed by atoms with E-state index >= 15 is 0 Å². The van der Waals surface area contributed by atoms with Crippen molar-refractivity contribution in [1.82, 2.24) is 10.3 Å². The lowest BCUT2D eigenvalue weighted by atomic mass is 10.0. The van der Waals surface area contributed by atoms with Crippen LogP contribution in [-0.4, -0.2) is 39.4 Å². The Kier molecular flexibility index (Phi) is 9.26. The standard InChI is InChI=1S/C31H29N3O7/c1-20(17-29(35)24-9-6-10-25(19-24)34(38)39)32-28(31(36)37)18-22-11-13-26(14-12-22)40-16-15-27-21(2)41-30(33-27)23-7-4-3-5-8-23/h3-14,17,19,28,32H,15-16,18H2,1-2H3,(H,36,37)/b20-17+/t28-/m0/s1. The van der Waals surface area contributed by atoms with Crippen LogP contribution in [0.25, 0.3) is 11.5 Å². The Morgan fingerprint density at radius 3 is 2.51 bits per heavy atom. The first-order valence-corrected chi connectivity index (χ1v) is 12.9. The molecule has 0 aliphatic carbocycles. The number of allylic oxidation sites excluding steroid dienone is 2. The van der Waals surface area contributed by atoms with E-state index in [4.69, 9.17) is 9.15 Å². The lowest BCUT2D eigenvalue weighted by Gasteiger charge is -2.16. The van der Waals surface area contributed by atoms with E-state index in [1.807, 2.05) is 37.3 Å². The molecular formula is C31H29N3O7. The SMILES string of the molecule is C/C(=C\C(=O)c1cccc([N+](=O)[O-])c1)N[C@@H](Cc1ccc(OCCc2nc(-c3ccccc3)oc2C)cc1)C(=O)O. The van der Waals surface area contributed by atoms with Gasteiger partial charge >= 0.3 is 5.97 Å². The van der Waals surface area contributed by atoms with Crippen molar-refractivity contribution in [3.8, 4) is 17.2 Å². The van der Waals surface area contributed by atoms with Crippen LogP contribution in [-0.2, 0) is 17.6 Å². The number of ketones is 1. The summed E-state index contributed by atoms with van der Waals surface area (Å²) >= 11 is 0. The van der Waals surface area contributed by atoms with Crippen molar-refractivity contribution in [1.29, 1.82) is 0 Å². The second-order valence-electron chi connectivity index (χ2n) is 9.37. The second kappa shape index (κ2) is 13.2. The van der Waals surface area contributed by atoms with Crippen molar-refractivity contribution in [3.05, 3.63) is 123 Å². The molecule has 0 spiro atoms. The number of nitrogens with zero attached hydrogens (tertiary/aromatic N) is 2. The average Bonchev–Trinajstić information content (AvgIpc) is 3.34. The molecule has 0 aliphatic rings. The van der Waals surface area contributed by atoms with Crippen LogP contribution in [0.2, 0.25) is 0 Å². The summed E-state index contributed by atoms with van der Waals surface area (Å²) in [5.74, 6) is 0.394. The molecule has 1 aromatic heterocycles. The Balaban J connectivity index is 1.31. The maximum atomic E-state index is 12.5. The molecule has 0 aliphatic heterocycles. The number of nitro benzene ring substituents is 1. The predicted octanol–water partition coefficient (Wildman–Crippen LogP) is 5.55. The van der Waals surface area contributed by atoms with Crippen molar-refractivity contribution in [2.45, 2.75) is 32.7 Å². The van der Waals surface area contributed by atoms with E-state index in [0.29, 0.717) is 30.4 Å². The number of carbonyl (C=O) groups is 2. The van der Waals surface area contributed by atoms with Gasteiger partial charge in [-0.2, -0.15) is 0 Å². The predicted molar refractivity (Wildman–Crippen MR) is 152 cm³/mol. The van der Waals surface area contributed by atoms with Gasteiger partial charge in [-0.1, -0.05) is 42.5 Å². The van der Waals surface area contributed by atoms with Gasteiger partial charge < -0.3 is 19.6 Å². The summed E-state index contributed by atoms with van der Waals surface area (Å²) in [6, 6.07) is 21.2. The number of aryl methyl sites for hydroxylation is 1. The number of carboxylic acids is 1. The molecule has 4 rings (SSSR count). The number of oxazole rings is 1. The van der Waals surface area contributed by atoms with E-state index < -0.39 is 22.7 Å². The molecule has 3 aromatic carbocycles. The zero-order chi connectivity index (χ0) is 29.4. The van der Waals surface area contributed by atoms with Gasteiger partial charge in [0.2, 0.25) is 5.89 Å². The highest BCUT2D eigenvalue weighted by Gasteiger charge is 2.19. The monoisotopic (exact) mass is 555 g/mol. The molecule has 1 atom stereocenters. The summed E-state index contributed by atoms with van der Waals surface area (Å²) in [6.07, 6.45) is 1.95. The van der Waals surface area contributed by atoms with Crippen molar-refractivity contribution < 1.29 is 28.8 Å². The molecular weight excluding hydrogens is 526 g/mol. The summed E-state index contributed by atoms with van der Waals surface area (Å²) in [7, 11) is 0.